The molecule has 0 aliphatic carbocycles. The summed E-state index contributed by atoms with van der Waals surface area (Å²) in [5.74, 6) is -1.19. The Morgan fingerprint density at radius 2 is 1.63 bits per heavy atom. The summed E-state index contributed by atoms with van der Waals surface area (Å²) in [5.41, 5.74) is 4.17. The van der Waals surface area contributed by atoms with Gasteiger partial charge in [-0.3, -0.25) is 4.79 Å². The predicted octanol–water partition coefficient (Wildman–Crippen LogP) is 6.13. The van der Waals surface area contributed by atoms with Crippen molar-refractivity contribution in [2.45, 2.75) is 45.2 Å². The zero-order valence-corrected chi connectivity index (χ0v) is 22.2. The van der Waals surface area contributed by atoms with E-state index in [2.05, 4.69) is 5.32 Å². The van der Waals surface area contributed by atoms with E-state index < -0.39 is 34.8 Å². The van der Waals surface area contributed by atoms with Crippen LogP contribution in [0.25, 0.3) is 0 Å². The molecule has 0 bridgehead atoms. The van der Waals surface area contributed by atoms with Crippen molar-refractivity contribution in [2.24, 2.45) is 0 Å². The van der Waals surface area contributed by atoms with Crippen LogP contribution >= 0.6 is 23.2 Å². The zero-order valence-electron chi connectivity index (χ0n) is 19.9. The van der Waals surface area contributed by atoms with Gasteiger partial charge in [-0.05, 0) is 86.3 Å². The van der Waals surface area contributed by atoms with E-state index in [4.69, 9.17) is 23.2 Å². The molecule has 35 heavy (non-hydrogen) atoms. The third-order valence-corrected chi connectivity index (χ3v) is 8.31. The minimum Gasteiger partial charge on any atom is -0.348 e. The first kappa shape index (κ1) is 27.1. The van der Waals surface area contributed by atoms with Crippen LogP contribution in [0.15, 0.2) is 59.5 Å². The first-order chi connectivity index (χ1) is 16.4. The number of rotatable bonds is 8. The molecule has 1 amide bonds. The molecule has 5 nitrogen and oxygen atoms in total. The highest BCUT2D eigenvalue weighted by Crippen LogP contribution is 2.26. The molecule has 0 saturated heterocycles. The number of nitrogens with zero attached hydrogens (tertiary/aromatic N) is 1. The third kappa shape index (κ3) is 6.41. The van der Waals surface area contributed by atoms with Crippen LogP contribution in [-0.4, -0.2) is 25.2 Å². The minimum atomic E-state index is -4.18. The highest BCUT2D eigenvalue weighted by Gasteiger charge is 2.29. The summed E-state index contributed by atoms with van der Waals surface area (Å²) in [6.45, 7) is 6.86. The summed E-state index contributed by atoms with van der Waals surface area (Å²) in [7, 11) is -4.18. The van der Waals surface area contributed by atoms with Crippen molar-refractivity contribution in [3.8, 4) is 0 Å². The lowest BCUT2D eigenvalue weighted by atomic mass is 9.96. The molecule has 1 unspecified atom stereocenters. The number of amides is 1. The topological polar surface area (TPSA) is 66.5 Å². The summed E-state index contributed by atoms with van der Waals surface area (Å²) < 4.78 is 42.3. The average Bonchev–Trinajstić information content (AvgIpc) is 2.78. The van der Waals surface area contributed by atoms with E-state index >= 15 is 0 Å². The Balaban J connectivity index is 1.91. The molecule has 1 N–H and O–H groups in total. The normalized spacial score (nSPS) is 12.6. The van der Waals surface area contributed by atoms with E-state index in [1.807, 2.05) is 39.8 Å². The Morgan fingerprint density at radius 3 is 2.26 bits per heavy atom. The maximum atomic E-state index is 14.5. The van der Waals surface area contributed by atoms with Crippen LogP contribution in [0.4, 0.5) is 4.39 Å². The first-order valence-corrected chi connectivity index (χ1v) is 13.2. The molecule has 1 atom stereocenters. The molecule has 0 aromatic heterocycles. The molecule has 0 saturated carbocycles. The maximum absolute atomic E-state index is 14.5. The lowest BCUT2D eigenvalue weighted by molar-refractivity contribution is -0.122. The Morgan fingerprint density at radius 1 is 1.00 bits per heavy atom. The predicted molar refractivity (Wildman–Crippen MR) is 138 cm³/mol. The fourth-order valence-corrected chi connectivity index (χ4v) is 5.53. The van der Waals surface area contributed by atoms with Crippen molar-refractivity contribution < 1.29 is 17.6 Å². The molecule has 0 fully saturated rings. The van der Waals surface area contributed by atoms with Crippen molar-refractivity contribution in [3.63, 3.8) is 0 Å². The van der Waals surface area contributed by atoms with Crippen LogP contribution in [0, 0.1) is 26.6 Å². The molecule has 0 aliphatic rings. The number of sulfonamides is 1. The van der Waals surface area contributed by atoms with Crippen molar-refractivity contribution in [1.29, 1.82) is 0 Å². The third-order valence-electron chi connectivity index (χ3n) is 5.89. The molecule has 0 aliphatic heterocycles. The second-order valence-corrected chi connectivity index (χ2v) is 11.3. The highest BCUT2D eigenvalue weighted by molar-refractivity contribution is 7.89. The monoisotopic (exact) mass is 536 g/mol. The standard InChI is InChI=1S/C26H27Cl2FN2O3S/c1-16-12-18(3)22(13-17(16)2)19(4)30-26(32)15-31(14-23-24(28)6-5-7-25(23)29)35(33,34)21-10-8-20(27)9-11-21/h5-13,19H,14-15H2,1-4H3,(H,30,32). The Bertz CT molecular complexity index is 1330. The summed E-state index contributed by atoms with van der Waals surface area (Å²) in [6, 6.07) is 13.3. The smallest absolute Gasteiger partial charge is 0.243 e. The van der Waals surface area contributed by atoms with Gasteiger partial charge in [0.1, 0.15) is 5.82 Å². The Labute approximate surface area is 215 Å². The van der Waals surface area contributed by atoms with Crippen LogP contribution < -0.4 is 5.32 Å². The van der Waals surface area contributed by atoms with Crippen LogP contribution in [0.2, 0.25) is 10.0 Å². The fourth-order valence-electron chi connectivity index (χ4n) is 3.82. The average molecular weight is 537 g/mol. The van der Waals surface area contributed by atoms with Crippen LogP contribution in [0.5, 0.6) is 0 Å². The SMILES string of the molecule is Cc1cc(C)c(C(C)NC(=O)CN(Cc2c(F)cccc2Cl)S(=O)(=O)c2ccc(Cl)cc2)cc1C. The van der Waals surface area contributed by atoms with Crippen LogP contribution in [0.3, 0.4) is 0 Å². The van der Waals surface area contributed by atoms with E-state index in [1.54, 1.807) is 0 Å². The van der Waals surface area contributed by atoms with Crippen LogP contribution in [-0.2, 0) is 21.4 Å². The second kappa shape index (κ2) is 11.1. The number of hydrogen-bond acceptors (Lipinski definition) is 3. The summed E-state index contributed by atoms with van der Waals surface area (Å²) in [4.78, 5) is 13.0. The van der Waals surface area contributed by atoms with Crippen LogP contribution in [0.1, 0.15) is 40.8 Å². The Kier molecular flexibility index (Phi) is 8.59. The number of aryl methyl sites for hydroxylation is 3. The van der Waals surface area contributed by atoms with Gasteiger partial charge in [-0.2, -0.15) is 4.31 Å². The van der Waals surface area contributed by atoms with Gasteiger partial charge in [0.25, 0.3) is 0 Å². The number of benzene rings is 3. The van der Waals surface area contributed by atoms with Gasteiger partial charge in [0.05, 0.1) is 17.5 Å². The molecule has 3 aromatic rings. The van der Waals surface area contributed by atoms with Gasteiger partial charge in [0.2, 0.25) is 15.9 Å². The lowest BCUT2D eigenvalue weighted by Crippen LogP contribution is -2.41. The van der Waals surface area contributed by atoms with Gasteiger partial charge >= 0.3 is 0 Å². The van der Waals surface area contributed by atoms with Crippen molar-refractivity contribution in [1.82, 2.24) is 9.62 Å². The lowest BCUT2D eigenvalue weighted by Gasteiger charge is -2.24. The quantitative estimate of drug-likeness (QED) is 0.376. The summed E-state index contributed by atoms with van der Waals surface area (Å²) in [6.07, 6.45) is 0. The largest absolute Gasteiger partial charge is 0.348 e. The maximum Gasteiger partial charge on any atom is 0.243 e. The van der Waals surface area contributed by atoms with Crippen molar-refractivity contribution >= 4 is 39.1 Å². The van der Waals surface area contributed by atoms with Crippen molar-refractivity contribution in [2.75, 3.05) is 6.54 Å². The van der Waals surface area contributed by atoms with Gasteiger partial charge in [-0.25, -0.2) is 12.8 Å². The number of carbonyl (C=O) groups excluding carboxylic acids is 1. The summed E-state index contributed by atoms with van der Waals surface area (Å²) >= 11 is 12.1. The highest BCUT2D eigenvalue weighted by atomic mass is 35.5. The molecule has 0 spiro atoms. The number of nitrogens with one attached hydrogen (secondary N) is 1. The second-order valence-electron chi connectivity index (χ2n) is 8.51. The van der Waals surface area contributed by atoms with Gasteiger partial charge in [-0.1, -0.05) is 41.4 Å². The molecular weight excluding hydrogens is 510 g/mol. The number of halogens is 3. The number of carbonyl (C=O) groups is 1. The van der Waals surface area contributed by atoms with Gasteiger partial charge in [0, 0.05) is 22.2 Å². The first-order valence-electron chi connectivity index (χ1n) is 11.0. The Hall–Kier alpha value is -2.45. The molecule has 186 valence electrons. The van der Waals surface area contributed by atoms with Gasteiger partial charge < -0.3 is 5.32 Å². The van der Waals surface area contributed by atoms with Gasteiger partial charge in [-0.15, -0.1) is 0 Å². The van der Waals surface area contributed by atoms with E-state index in [1.165, 1.54) is 42.5 Å². The van der Waals surface area contributed by atoms with E-state index in [-0.39, 0.29) is 21.5 Å². The molecule has 3 rings (SSSR count). The zero-order chi connectivity index (χ0) is 25.9. The molecule has 9 heteroatoms. The molecule has 0 heterocycles. The van der Waals surface area contributed by atoms with Gasteiger partial charge in [0.15, 0.2) is 0 Å². The van der Waals surface area contributed by atoms with E-state index in [0.29, 0.717) is 5.02 Å². The van der Waals surface area contributed by atoms with Crippen molar-refractivity contribution in [3.05, 3.63) is 98.3 Å². The fraction of sp³-hybridized carbons (Fsp3) is 0.269. The molecule has 3 aromatic carbocycles. The molecular formula is C26H27Cl2FN2O3S. The van der Waals surface area contributed by atoms with E-state index in [0.717, 1.165) is 26.6 Å². The summed E-state index contributed by atoms with van der Waals surface area (Å²) in [5, 5.41) is 3.30. The number of hydrogen-bond donors (Lipinski definition) is 1. The minimum absolute atomic E-state index is 0.0162. The van der Waals surface area contributed by atoms with E-state index in [9.17, 15) is 17.6 Å². The molecule has 0 radical (unpaired) electrons.